The maximum Gasteiger partial charge on any atom is 0.460 e. The fraction of sp³-hybridized carbons (Fsp3) is 0.500. The van der Waals surface area contributed by atoms with E-state index in [1.807, 2.05) is 0 Å². The Morgan fingerprint density at radius 1 is 1.22 bits per heavy atom. The van der Waals surface area contributed by atoms with Gasteiger partial charge in [-0.2, -0.15) is 35.8 Å². The number of carbonyl (C=O) groups is 2. The van der Waals surface area contributed by atoms with Crippen molar-refractivity contribution >= 4 is 17.5 Å². The fourth-order valence-electron chi connectivity index (χ4n) is 1.38. The summed E-state index contributed by atoms with van der Waals surface area (Å²) in [5, 5.41) is 4.56. The Kier molecular flexibility index (Phi) is 4.64. The number of carbonyl (C=O) groups excluding carboxylic acids is 2. The molecule has 0 aliphatic rings. The molecule has 0 saturated carbocycles. The second-order valence-electron chi connectivity index (χ2n) is 4.21. The number of amides is 2. The molecule has 0 aliphatic carbocycles. The molecule has 1 heterocycles. The van der Waals surface area contributed by atoms with Crippen LogP contribution >= 0.6 is 0 Å². The molecule has 23 heavy (non-hydrogen) atoms. The predicted molar refractivity (Wildman–Crippen MR) is 61.0 cm³/mol. The Bertz CT molecular complexity index is 623. The summed E-state index contributed by atoms with van der Waals surface area (Å²) in [6.07, 6.45) is -5.88. The minimum absolute atomic E-state index is 0.0747. The summed E-state index contributed by atoms with van der Waals surface area (Å²) in [7, 11) is 0. The van der Waals surface area contributed by atoms with Crippen LogP contribution in [0.4, 0.5) is 36.4 Å². The summed E-state index contributed by atoms with van der Waals surface area (Å²) >= 11 is 0. The van der Waals surface area contributed by atoms with Crippen molar-refractivity contribution in [3.05, 3.63) is 11.9 Å². The largest absolute Gasteiger partial charge is 0.460 e. The molecule has 1 rings (SSSR count). The number of nitrogens with zero attached hydrogens (tertiary/aromatic N) is 2. The first-order valence-electron chi connectivity index (χ1n) is 5.76. The Morgan fingerprint density at radius 2 is 1.74 bits per heavy atom. The predicted octanol–water partition coefficient (Wildman–Crippen LogP) is 1.77. The van der Waals surface area contributed by atoms with Crippen LogP contribution in [0.2, 0.25) is 0 Å². The molecule has 1 aromatic heterocycles. The summed E-state index contributed by atoms with van der Waals surface area (Å²) < 4.78 is 88.7. The number of nitrogens with two attached hydrogens (primary N) is 1. The second kappa shape index (κ2) is 5.70. The number of nitrogens with one attached hydrogen (secondary N) is 1. The lowest BCUT2D eigenvalue weighted by Crippen LogP contribution is -2.57. The van der Waals surface area contributed by atoms with Crippen molar-refractivity contribution < 1.29 is 40.3 Å². The van der Waals surface area contributed by atoms with Crippen molar-refractivity contribution in [2.24, 2.45) is 5.73 Å². The maximum atomic E-state index is 13.2. The average Bonchev–Trinajstić information content (AvgIpc) is 2.80. The van der Waals surface area contributed by atoms with Gasteiger partial charge in [-0.15, -0.1) is 0 Å². The van der Waals surface area contributed by atoms with Gasteiger partial charge in [0.15, 0.2) is 5.69 Å². The summed E-state index contributed by atoms with van der Waals surface area (Å²) in [5.41, 5.74) is 3.25. The van der Waals surface area contributed by atoms with E-state index in [0.29, 0.717) is 0 Å². The Hall–Kier alpha value is -2.34. The topological polar surface area (TPSA) is 90.0 Å². The third-order valence-electron chi connectivity index (χ3n) is 2.60. The number of anilines is 1. The zero-order chi connectivity index (χ0) is 18.2. The first-order valence-corrected chi connectivity index (χ1v) is 5.76. The van der Waals surface area contributed by atoms with Crippen LogP contribution in [0, 0.1) is 0 Å². The number of rotatable bonds is 5. The first-order chi connectivity index (χ1) is 10.3. The number of halogens is 7. The van der Waals surface area contributed by atoms with Gasteiger partial charge >= 0.3 is 23.9 Å². The van der Waals surface area contributed by atoms with E-state index in [2.05, 4.69) is 5.10 Å². The molecule has 130 valence electrons. The minimum atomic E-state index is -6.66. The summed E-state index contributed by atoms with van der Waals surface area (Å²) in [5.74, 6) is -17.0. The smallest absolute Gasteiger partial charge is 0.364 e. The molecule has 0 radical (unpaired) electrons. The van der Waals surface area contributed by atoms with Crippen LogP contribution in [0.25, 0.3) is 0 Å². The van der Waals surface area contributed by atoms with E-state index in [4.69, 9.17) is 5.73 Å². The van der Waals surface area contributed by atoms with Crippen LogP contribution in [-0.2, 0) is 11.3 Å². The number of primary amides is 1. The molecule has 0 bridgehead atoms. The van der Waals surface area contributed by atoms with Gasteiger partial charge in [-0.05, 0) is 6.92 Å². The molecule has 0 aliphatic heterocycles. The molecular formula is C10H9F7N4O2. The van der Waals surface area contributed by atoms with Gasteiger partial charge in [0.05, 0.1) is 5.69 Å². The van der Waals surface area contributed by atoms with Gasteiger partial charge in [0, 0.05) is 12.7 Å². The first kappa shape index (κ1) is 18.7. The third kappa shape index (κ3) is 3.22. The lowest BCUT2D eigenvalue weighted by atomic mass is 10.1. The Morgan fingerprint density at radius 3 is 2.13 bits per heavy atom. The monoisotopic (exact) mass is 350 g/mol. The van der Waals surface area contributed by atoms with Crippen molar-refractivity contribution in [1.29, 1.82) is 0 Å². The highest BCUT2D eigenvalue weighted by Gasteiger charge is 2.76. The number of hydrogen-bond donors (Lipinski definition) is 2. The number of hydrogen-bond acceptors (Lipinski definition) is 3. The summed E-state index contributed by atoms with van der Waals surface area (Å²) in [4.78, 5) is 22.2. The molecule has 13 heteroatoms. The molecule has 6 nitrogen and oxygen atoms in total. The van der Waals surface area contributed by atoms with Crippen LogP contribution in [0.5, 0.6) is 0 Å². The summed E-state index contributed by atoms with van der Waals surface area (Å²) in [6, 6.07) is 0. The Balaban J connectivity index is 3.17. The van der Waals surface area contributed by atoms with E-state index in [0.717, 1.165) is 16.2 Å². The van der Waals surface area contributed by atoms with Gasteiger partial charge < -0.3 is 11.1 Å². The highest BCUT2D eigenvalue weighted by atomic mass is 19.4. The average molecular weight is 350 g/mol. The lowest BCUT2D eigenvalue weighted by Gasteiger charge is -2.26. The lowest BCUT2D eigenvalue weighted by molar-refractivity contribution is -0.343. The van der Waals surface area contributed by atoms with Gasteiger partial charge in [-0.25, -0.2) is 0 Å². The van der Waals surface area contributed by atoms with Gasteiger partial charge in [0.1, 0.15) is 0 Å². The molecule has 1 aromatic rings. The minimum Gasteiger partial charge on any atom is -0.364 e. The molecule has 2 amide bonds. The van der Waals surface area contributed by atoms with Crippen molar-refractivity contribution in [3.63, 3.8) is 0 Å². The van der Waals surface area contributed by atoms with Crippen LogP contribution in [-0.4, -0.2) is 39.6 Å². The zero-order valence-corrected chi connectivity index (χ0v) is 11.2. The SMILES string of the molecule is CCn1cc(NC(=O)C(F)(F)C(F)(F)C(F)(F)F)c(C(N)=O)n1. The van der Waals surface area contributed by atoms with Gasteiger partial charge in [-0.3, -0.25) is 14.3 Å². The Labute approximate surface area is 123 Å². The quantitative estimate of drug-likeness (QED) is 0.793. The van der Waals surface area contributed by atoms with E-state index in [1.54, 1.807) is 0 Å². The number of aryl methyl sites for hydroxylation is 1. The van der Waals surface area contributed by atoms with Gasteiger partial charge in [-0.1, -0.05) is 0 Å². The van der Waals surface area contributed by atoms with E-state index in [-0.39, 0.29) is 6.54 Å². The molecule has 3 N–H and O–H groups in total. The van der Waals surface area contributed by atoms with E-state index in [9.17, 15) is 40.3 Å². The normalized spacial score (nSPS) is 13.0. The molecule has 0 unspecified atom stereocenters. The highest BCUT2D eigenvalue weighted by molar-refractivity contribution is 6.03. The fourth-order valence-corrected chi connectivity index (χ4v) is 1.38. The van der Waals surface area contributed by atoms with Crippen molar-refractivity contribution in [3.8, 4) is 0 Å². The molecule has 0 saturated heterocycles. The van der Waals surface area contributed by atoms with Crippen molar-refractivity contribution in [2.45, 2.75) is 31.5 Å². The molecule has 0 fully saturated rings. The number of alkyl halides is 7. The van der Waals surface area contributed by atoms with Crippen LogP contribution in [0.15, 0.2) is 6.20 Å². The molecule has 0 atom stereocenters. The van der Waals surface area contributed by atoms with E-state index in [1.165, 1.54) is 6.92 Å². The van der Waals surface area contributed by atoms with E-state index < -0.39 is 41.2 Å². The van der Waals surface area contributed by atoms with Crippen LogP contribution in [0.3, 0.4) is 0 Å². The maximum absolute atomic E-state index is 13.2. The van der Waals surface area contributed by atoms with Crippen molar-refractivity contribution in [1.82, 2.24) is 9.78 Å². The van der Waals surface area contributed by atoms with Crippen LogP contribution in [0.1, 0.15) is 17.4 Å². The number of aromatic nitrogens is 2. The van der Waals surface area contributed by atoms with Gasteiger partial charge in [0.2, 0.25) is 0 Å². The molecular weight excluding hydrogens is 341 g/mol. The standard InChI is InChI=1S/C10H9F7N4O2/c1-2-21-3-4(5(20-21)6(18)22)19-7(23)8(11,12)9(13,14)10(15,16)17/h3H,2H2,1H3,(H2,18,22)(H,19,23). The van der Waals surface area contributed by atoms with E-state index >= 15 is 0 Å². The zero-order valence-electron chi connectivity index (χ0n) is 11.2. The summed E-state index contributed by atoms with van der Waals surface area (Å²) in [6.45, 7) is 1.56. The highest BCUT2D eigenvalue weighted by Crippen LogP contribution is 2.46. The van der Waals surface area contributed by atoms with Gasteiger partial charge in [0.25, 0.3) is 5.91 Å². The third-order valence-corrected chi connectivity index (χ3v) is 2.60. The molecule has 0 aromatic carbocycles. The van der Waals surface area contributed by atoms with Crippen molar-refractivity contribution in [2.75, 3.05) is 5.32 Å². The second-order valence-corrected chi connectivity index (χ2v) is 4.21. The molecule has 0 spiro atoms. The van der Waals surface area contributed by atoms with Crippen LogP contribution < -0.4 is 11.1 Å².